The molecule has 1 aliphatic heterocycles. The van der Waals surface area contributed by atoms with Gasteiger partial charge in [-0.25, -0.2) is 4.98 Å². The Balaban J connectivity index is 1.72. The number of amides is 1. The summed E-state index contributed by atoms with van der Waals surface area (Å²) in [5.74, 6) is 1.36. The molecular weight excluding hydrogens is 334 g/mol. The van der Waals surface area contributed by atoms with Crippen LogP contribution in [0.25, 0.3) is 10.2 Å². The first-order chi connectivity index (χ1) is 12.0. The molecule has 0 aromatic carbocycles. The van der Waals surface area contributed by atoms with Crippen molar-refractivity contribution in [2.45, 2.75) is 58.9 Å². The van der Waals surface area contributed by atoms with Crippen LogP contribution >= 0.6 is 11.3 Å². The molecule has 2 aromatic rings. The van der Waals surface area contributed by atoms with E-state index in [1.807, 2.05) is 11.8 Å². The van der Waals surface area contributed by atoms with Gasteiger partial charge in [0, 0.05) is 18.0 Å². The fraction of sp³-hybridized carbons (Fsp3) is 0.632. The second kappa shape index (κ2) is 6.56. The van der Waals surface area contributed by atoms with Crippen molar-refractivity contribution in [1.29, 1.82) is 0 Å². The third kappa shape index (κ3) is 3.01. The predicted molar refractivity (Wildman–Crippen MR) is 100 cm³/mol. The fourth-order valence-electron chi connectivity index (χ4n) is 4.09. The van der Waals surface area contributed by atoms with Gasteiger partial charge in [0.2, 0.25) is 5.91 Å². The largest absolute Gasteiger partial charge is 0.341 e. The zero-order valence-corrected chi connectivity index (χ0v) is 15.8. The standard InChI is InChI=1S/C19H25N3O2S/c1-12-6-7-14-15(10-12)25-18-17(14)19(24)22(13(2)20-18)11-16(23)21-8-4-3-5-9-21/h12H,3-11H2,1-2H3. The van der Waals surface area contributed by atoms with Crippen LogP contribution in [0.4, 0.5) is 0 Å². The molecule has 1 unspecified atom stereocenters. The molecule has 0 radical (unpaired) electrons. The van der Waals surface area contributed by atoms with Crippen molar-refractivity contribution in [2.24, 2.45) is 5.92 Å². The van der Waals surface area contributed by atoms with Gasteiger partial charge in [0.15, 0.2) is 0 Å². The smallest absolute Gasteiger partial charge is 0.263 e. The lowest BCUT2D eigenvalue weighted by molar-refractivity contribution is -0.132. The first-order valence-corrected chi connectivity index (χ1v) is 10.2. The number of likely N-dealkylation sites (tertiary alicyclic amines) is 1. The Morgan fingerprint density at radius 1 is 1.28 bits per heavy atom. The van der Waals surface area contributed by atoms with E-state index in [9.17, 15) is 9.59 Å². The van der Waals surface area contributed by atoms with Gasteiger partial charge in [-0.15, -0.1) is 11.3 Å². The topological polar surface area (TPSA) is 55.2 Å². The number of hydrogen-bond donors (Lipinski definition) is 0. The number of nitrogens with zero attached hydrogens (tertiary/aromatic N) is 3. The molecule has 3 heterocycles. The van der Waals surface area contributed by atoms with Crippen LogP contribution in [-0.4, -0.2) is 33.4 Å². The quantitative estimate of drug-likeness (QED) is 0.828. The average Bonchev–Trinajstić information content (AvgIpc) is 2.96. The minimum absolute atomic E-state index is 0.0279. The Labute approximate surface area is 151 Å². The molecular formula is C19H25N3O2S. The van der Waals surface area contributed by atoms with Gasteiger partial charge < -0.3 is 4.90 Å². The molecule has 0 N–H and O–H groups in total. The number of hydrogen-bond acceptors (Lipinski definition) is 4. The Morgan fingerprint density at radius 2 is 2.04 bits per heavy atom. The average molecular weight is 359 g/mol. The Hall–Kier alpha value is -1.69. The zero-order chi connectivity index (χ0) is 17.6. The summed E-state index contributed by atoms with van der Waals surface area (Å²) in [4.78, 5) is 34.5. The van der Waals surface area contributed by atoms with Crippen LogP contribution < -0.4 is 5.56 Å². The maximum Gasteiger partial charge on any atom is 0.263 e. The second-order valence-electron chi connectivity index (χ2n) is 7.52. The molecule has 6 heteroatoms. The van der Waals surface area contributed by atoms with E-state index in [0.717, 1.165) is 55.4 Å². The molecule has 134 valence electrons. The number of fused-ring (bicyclic) bond motifs is 3. The maximum atomic E-state index is 13.1. The Kier molecular flexibility index (Phi) is 4.40. The van der Waals surface area contributed by atoms with Crippen LogP contribution in [0.2, 0.25) is 0 Å². The van der Waals surface area contributed by atoms with Gasteiger partial charge in [-0.2, -0.15) is 0 Å². The van der Waals surface area contributed by atoms with E-state index in [0.29, 0.717) is 11.7 Å². The number of thiophene rings is 1. The van der Waals surface area contributed by atoms with Gasteiger partial charge in [0.25, 0.3) is 5.56 Å². The third-order valence-electron chi connectivity index (χ3n) is 5.61. The van der Waals surface area contributed by atoms with Crippen LogP contribution in [-0.2, 0) is 24.2 Å². The van der Waals surface area contributed by atoms with Crippen molar-refractivity contribution in [3.8, 4) is 0 Å². The minimum Gasteiger partial charge on any atom is -0.341 e. The highest BCUT2D eigenvalue weighted by atomic mass is 32.1. The van der Waals surface area contributed by atoms with E-state index >= 15 is 0 Å². The van der Waals surface area contributed by atoms with Crippen LogP contribution in [0.15, 0.2) is 4.79 Å². The normalized spacial score (nSPS) is 20.7. The molecule has 1 atom stereocenters. The molecule has 4 rings (SSSR count). The molecule has 1 saturated heterocycles. The van der Waals surface area contributed by atoms with E-state index in [-0.39, 0.29) is 18.0 Å². The molecule has 2 aliphatic rings. The summed E-state index contributed by atoms with van der Waals surface area (Å²) in [6.07, 6.45) is 6.44. The fourth-order valence-corrected chi connectivity index (χ4v) is 5.51. The summed E-state index contributed by atoms with van der Waals surface area (Å²) in [6.45, 7) is 5.85. The lowest BCUT2D eigenvalue weighted by atomic mass is 9.89. The summed E-state index contributed by atoms with van der Waals surface area (Å²) in [5.41, 5.74) is 1.16. The Morgan fingerprint density at radius 3 is 2.80 bits per heavy atom. The van der Waals surface area contributed by atoms with Crippen LogP contribution in [0, 0.1) is 12.8 Å². The van der Waals surface area contributed by atoms with Gasteiger partial charge >= 0.3 is 0 Å². The lowest BCUT2D eigenvalue weighted by Crippen LogP contribution is -2.40. The lowest BCUT2D eigenvalue weighted by Gasteiger charge is -2.27. The minimum atomic E-state index is -0.0279. The molecule has 2 aromatic heterocycles. The highest BCUT2D eigenvalue weighted by molar-refractivity contribution is 7.18. The van der Waals surface area contributed by atoms with Crippen molar-refractivity contribution < 1.29 is 4.79 Å². The van der Waals surface area contributed by atoms with Gasteiger partial charge in [0.1, 0.15) is 17.2 Å². The van der Waals surface area contributed by atoms with Crippen LogP contribution in [0.5, 0.6) is 0 Å². The van der Waals surface area contributed by atoms with Gasteiger partial charge in [-0.1, -0.05) is 6.92 Å². The van der Waals surface area contributed by atoms with Crippen molar-refractivity contribution >= 4 is 27.5 Å². The maximum absolute atomic E-state index is 13.1. The second-order valence-corrected chi connectivity index (χ2v) is 8.61. The molecule has 0 spiro atoms. The SMILES string of the molecule is Cc1nc2sc3c(c2c(=O)n1CC(=O)N1CCCCC1)CCC(C)C3. The molecule has 5 nitrogen and oxygen atoms in total. The molecule has 0 saturated carbocycles. The highest BCUT2D eigenvalue weighted by Gasteiger charge is 2.25. The van der Waals surface area contributed by atoms with Gasteiger partial charge in [-0.3, -0.25) is 14.2 Å². The number of aromatic nitrogens is 2. The molecule has 1 amide bonds. The van der Waals surface area contributed by atoms with Gasteiger partial charge in [0.05, 0.1) is 5.39 Å². The summed E-state index contributed by atoms with van der Waals surface area (Å²) >= 11 is 1.67. The van der Waals surface area contributed by atoms with Crippen molar-refractivity contribution in [2.75, 3.05) is 13.1 Å². The van der Waals surface area contributed by atoms with Crippen LogP contribution in [0.3, 0.4) is 0 Å². The van der Waals surface area contributed by atoms with Crippen molar-refractivity contribution in [3.63, 3.8) is 0 Å². The van der Waals surface area contributed by atoms with E-state index in [1.165, 1.54) is 16.9 Å². The molecule has 1 aliphatic carbocycles. The summed E-state index contributed by atoms with van der Waals surface area (Å²) in [7, 11) is 0. The van der Waals surface area contributed by atoms with Crippen molar-refractivity contribution in [3.05, 3.63) is 26.6 Å². The zero-order valence-electron chi connectivity index (χ0n) is 15.0. The first-order valence-electron chi connectivity index (χ1n) is 9.34. The predicted octanol–water partition coefficient (Wildman–Crippen LogP) is 2.90. The number of piperidine rings is 1. The number of aryl methyl sites for hydroxylation is 2. The number of rotatable bonds is 2. The number of carbonyl (C=O) groups is 1. The molecule has 0 bridgehead atoms. The monoisotopic (exact) mass is 359 g/mol. The summed E-state index contributed by atoms with van der Waals surface area (Å²) in [6, 6.07) is 0. The van der Waals surface area contributed by atoms with E-state index < -0.39 is 0 Å². The number of carbonyl (C=O) groups excluding carboxylic acids is 1. The van der Waals surface area contributed by atoms with E-state index in [1.54, 1.807) is 15.9 Å². The Bertz CT molecular complexity index is 877. The summed E-state index contributed by atoms with van der Waals surface area (Å²) < 4.78 is 1.59. The van der Waals surface area contributed by atoms with Crippen LogP contribution in [0.1, 0.15) is 48.9 Å². The first kappa shape index (κ1) is 16.8. The molecule has 25 heavy (non-hydrogen) atoms. The van der Waals surface area contributed by atoms with E-state index in [2.05, 4.69) is 11.9 Å². The van der Waals surface area contributed by atoms with Gasteiger partial charge in [-0.05, 0) is 56.9 Å². The third-order valence-corrected chi connectivity index (χ3v) is 6.76. The van der Waals surface area contributed by atoms with E-state index in [4.69, 9.17) is 0 Å². The highest BCUT2D eigenvalue weighted by Crippen LogP contribution is 2.35. The summed E-state index contributed by atoms with van der Waals surface area (Å²) in [5, 5.41) is 0.768. The van der Waals surface area contributed by atoms with Crippen molar-refractivity contribution in [1.82, 2.24) is 14.5 Å². The molecule has 1 fully saturated rings.